The van der Waals surface area contributed by atoms with Crippen molar-refractivity contribution in [1.29, 1.82) is 0 Å². The average Bonchev–Trinajstić information content (AvgIpc) is 2.39. The molecule has 0 radical (unpaired) electrons. The number of amides is 2. The number of likely N-dealkylation sites (tertiary alicyclic amines) is 1. The van der Waals surface area contributed by atoms with Gasteiger partial charge in [-0.1, -0.05) is 30.3 Å². The van der Waals surface area contributed by atoms with Crippen LogP contribution in [0.2, 0.25) is 0 Å². The summed E-state index contributed by atoms with van der Waals surface area (Å²) in [7, 11) is 0. The number of nitrogens with one attached hydrogen (secondary N) is 1. The molecule has 1 fully saturated rings. The molecular formula is C14H21N3O. The van der Waals surface area contributed by atoms with Crippen LogP contribution in [0.1, 0.15) is 18.4 Å². The van der Waals surface area contributed by atoms with Gasteiger partial charge >= 0.3 is 6.03 Å². The Morgan fingerprint density at radius 2 is 1.94 bits per heavy atom. The molecule has 4 heteroatoms. The maximum atomic E-state index is 10.6. The third-order valence-corrected chi connectivity index (χ3v) is 3.55. The first kappa shape index (κ1) is 12.9. The van der Waals surface area contributed by atoms with Crippen LogP contribution in [0.15, 0.2) is 30.3 Å². The summed E-state index contributed by atoms with van der Waals surface area (Å²) in [4.78, 5) is 12.9. The fourth-order valence-electron chi connectivity index (χ4n) is 2.49. The first-order valence-electron chi connectivity index (χ1n) is 6.53. The zero-order valence-corrected chi connectivity index (χ0v) is 10.6. The molecule has 0 aliphatic carbocycles. The smallest absolute Gasteiger partial charge is 0.313 e. The highest BCUT2D eigenvalue weighted by Gasteiger charge is 2.19. The number of hydrogen-bond donors (Lipinski definition) is 2. The molecule has 1 saturated heterocycles. The first-order valence-corrected chi connectivity index (χ1v) is 6.53. The van der Waals surface area contributed by atoms with E-state index in [9.17, 15) is 4.79 Å². The van der Waals surface area contributed by atoms with Gasteiger partial charge in [0, 0.05) is 13.1 Å². The summed E-state index contributed by atoms with van der Waals surface area (Å²) in [5, 5.41) is 2.64. The van der Waals surface area contributed by atoms with Crippen molar-refractivity contribution in [2.24, 2.45) is 11.7 Å². The van der Waals surface area contributed by atoms with E-state index < -0.39 is 6.03 Å². The Morgan fingerprint density at radius 1 is 1.28 bits per heavy atom. The Labute approximate surface area is 108 Å². The molecule has 98 valence electrons. The fraction of sp³-hybridized carbons (Fsp3) is 0.500. The molecule has 18 heavy (non-hydrogen) atoms. The number of hydrogen-bond acceptors (Lipinski definition) is 2. The first-order chi connectivity index (χ1) is 8.74. The molecule has 1 aliphatic rings. The van der Waals surface area contributed by atoms with Gasteiger partial charge in [0.15, 0.2) is 0 Å². The van der Waals surface area contributed by atoms with E-state index in [2.05, 4.69) is 40.5 Å². The van der Waals surface area contributed by atoms with Gasteiger partial charge in [-0.05, 0) is 30.7 Å². The maximum Gasteiger partial charge on any atom is 0.313 e. The lowest BCUT2D eigenvalue weighted by molar-refractivity contribution is 0.172. The van der Waals surface area contributed by atoms with Gasteiger partial charge in [-0.15, -0.1) is 0 Å². The lowest BCUT2D eigenvalue weighted by atomic mass is 9.90. The molecule has 0 aromatic heterocycles. The van der Waals surface area contributed by atoms with Crippen molar-refractivity contribution in [1.82, 2.24) is 10.2 Å². The number of nitrogens with two attached hydrogens (primary N) is 1. The number of urea groups is 1. The van der Waals surface area contributed by atoms with Gasteiger partial charge in [0.1, 0.15) is 0 Å². The lowest BCUT2D eigenvalue weighted by Crippen LogP contribution is -2.43. The van der Waals surface area contributed by atoms with Crippen molar-refractivity contribution in [2.45, 2.75) is 19.3 Å². The molecule has 1 aromatic rings. The highest BCUT2D eigenvalue weighted by atomic mass is 16.2. The summed E-state index contributed by atoms with van der Waals surface area (Å²) in [5.41, 5.74) is 6.48. The molecule has 1 aromatic carbocycles. The number of piperidine rings is 1. The summed E-state index contributed by atoms with van der Waals surface area (Å²) in [6.45, 7) is 2.66. The molecule has 2 rings (SSSR count). The second kappa shape index (κ2) is 6.40. The molecule has 4 nitrogen and oxygen atoms in total. The molecule has 0 saturated carbocycles. The van der Waals surface area contributed by atoms with Crippen LogP contribution in [0.25, 0.3) is 0 Å². The van der Waals surface area contributed by atoms with Crippen molar-refractivity contribution in [3.63, 3.8) is 0 Å². The van der Waals surface area contributed by atoms with Gasteiger partial charge in [0.05, 0.1) is 6.67 Å². The molecule has 0 bridgehead atoms. The number of carbonyl (C=O) groups excluding carboxylic acids is 1. The third-order valence-electron chi connectivity index (χ3n) is 3.55. The minimum atomic E-state index is -0.443. The van der Waals surface area contributed by atoms with Gasteiger partial charge in [0.2, 0.25) is 0 Å². The van der Waals surface area contributed by atoms with E-state index in [1.54, 1.807) is 0 Å². The van der Waals surface area contributed by atoms with E-state index in [-0.39, 0.29) is 0 Å². The summed E-state index contributed by atoms with van der Waals surface area (Å²) in [6.07, 6.45) is 3.54. The van der Waals surface area contributed by atoms with Gasteiger partial charge in [0.25, 0.3) is 0 Å². The predicted octanol–water partition coefficient (Wildman–Crippen LogP) is 1.57. The Balaban J connectivity index is 1.72. The molecular weight excluding hydrogens is 226 g/mol. The molecule has 0 atom stereocenters. The Hall–Kier alpha value is -1.55. The molecule has 1 aliphatic heterocycles. The zero-order valence-electron chi connectivity index (χ0n) is 10.6. The second-order valence-corrected chi connectivity index (χ2v) is 4.95. The van der Waals surface area contributed by atoms with Crippen LogP contribution in [0, 0.1) is 5.92 Å². The van der Waals surface area contributed by atoms with Gasteiger partial charge < -0.3 is 11.1 Å². The zero-order chi connectivity index (χ0) is 12.8. The average molecular weight is 247 g/mol. The highest BCUT2D eigenvalue weighted by Crippen LogP contribution is 2.21. The number of carbonyl (C=O) groups is 1. The normalized spacial score (nSPS) is 17.6. The lowest BCUT2D eigenvalue weighted by Gasteiger charge is -2.31. The third kappa shape index (κ3) is 4.04. The van der Waals surface area contributed by atoms with Crippen LogP contribution in [0.5, 0.6) is 0 Å². The van der Waals surface area contributed by atoms with Crippen LogP contribution in [-0.2, 0) is 6.42 Å². The van der Waals surface area contributed by atoms with Gasteiger partial charge in [-0.2, -0.15) is 0 Å². The largest absolute Gasteiger partial charge is 0.352 e. The Kier molecular flexibility index (Phi) is 4.59. The van der Waals surface area contributed by atoms with Gasteiger partial charge in [-0.3, -0.25) is 4.90 Å². The quantitative estimate of drug-likeness (QED) is 0.848. The van der Waals surface area contributed by atoms with E-state index >= 15 is 0 Å². The summed E-state index contributed by atoms with van der Waals surface area (Å²) in [6, 6.07) is 10.2. The van der Waals surface area contributed by atoms with E-state index in [1.807, 2.05) is 0 Å². The predicted molar refractivity (Wildman–Crippen MR) is 72.0 cm³/mol. The Bertz CT molecular complexity index is 372. The van der Waals surface area contributed by atoms with E-state index in [4.69, 9.17) is 5.73 Å². The van der Waals surface area contributed by atoms with Crippen LogP contribution in [0.4, 0.5) is 4.79 Å². The number of benzene rings is 1. The van der Waals surface area contributed by atoms with Crippen LogP contribution in [0.3, 0.4) is 0 Å². The number of primary amides is 1. The van der Waals surface area contributed by atoms with Crippen LogP contribution < -0.4 is 11.1 Å². The van der Waals surface area contributed by atoms with Crippen molar-refractivity contribution in [2.75, 3.05) is 19.8 Å². The monoisotopic (exact) mass is 247 g/mol. The van der Waals surface area contributed by atoms with Crippen molar-refractivity contribution >= 4 is 6.03 Å². The molecule has 1 heterocycles. The summed E-state index contributed by atoms with van der Waals surface area (Å²) < 4.78 is 0. The minimum Gasteiger partial charge on any atom is -0.352 e. The van der Waals surface area contributed by atoms with E-state index in [1.165, 1.54) is 18.4 Å². The van der Waals surface area contributed by atoms with Gasteiger partial charge in [-0.25, -0.2) is 4.79 Å². The Morgan fingerprint density at radius 3 is 2.56 bits per heavy atom. The second-order valence-electron chi connectivity index (χ2n) is 4.95. The van der Waals surface area contributed by atoms with Crippen LogP contribution >= 0.6 is 0 Å². The molecule has 0 spiro atoms. The number of nitrogens with zero attached hydrogens (tertiary/aromatic N) is 1. The van der Waals surface area contributed by atoms with E-state index in [0.29, 0.717) is 6.67 Å². The fourth-order valence-corrected chi connectivity index (χ4v) is 2.49. The van der Waals surface area contributed by atoms with Crippen molar-refractivity contribution in [3.05, 3.63) is 35.9 Å². The van der Waals surface area contributed by atoms with Crippen molar-refractivity contribution in [3.8, 4) is 0 Å². The van der Waals surface area contributed by atoms with E-state index in [0.717, 1.165) is 25.4 Å². The minimum absolute atomic E-state index is 0.443. The van der Waals surface area contributed by atoms with Crippen molar-refractivity contribution < 1.29 is 4.79 Å². The summed E-state index contributed by atoms with van der Waals surface area (Å²) >= 11 is 0. The molecule has 2 amide bonds. The number of rotatable bonds is 4. The topological polar surface area (TPSA) is 58.4 Å². The van der Waals surface area contributed by atoms with Crippen LogP contribution in [-0.4, -0.2) is 30.7 Å². The molecule has 3 N–H and O–H groups in total. The standard InChI is InChI=1S/C14H21N3O/c15-14(18)16-11-17-8-6-13(7-9-17)10-12-4-2-1-3-5-12/h1-5,13H,6-11H2,(H3,15,16,18). The SMILES string of the molecule is NC(=O)NCN1CCC(Cc2ccccc2)CC1. The summed E-state index contributed by atoms with van der Waals surface area (Å²) in [5.74, 6) is 0.761. The maximum absolute atomic E-state index is 10.6. The molecule has 0 unspecified atom stereocenters. The highest BCUT2D eigenvalue weighted by molar-refractivity contribution is 5.71.